The number of allylic oxidation sites excluding steroid dienone is 1. The Bertz CT molecular complexity index is 560. The van der Waals surface area contributed by atoms with Gasteiger partial charge in [-0.15, -0.1) is 0 Å². The molecule has 3 heteroatoms. The van der Waals surface area contributed by atoms with Crippen molar-refractivity contribution in [3.8, 4) is 0 Å². The van der Waals surface area contributed by atoms with E-state index in [0.717, 1.165) is 18.5 Å². The molecule has 1 N–H and O–H groups in total. The van der Waals surface area contributed by atoms with Crippen LogP contribution in [0.3, 0.4) is 0 Å². The Morgan fingerprint density at radius 1 is 1.00 bits per heavy atom. The number of esters is 1. The highest BCUT2D eigenvalue weighted by Gasteiger charge is 2.03. The molecule has 0 spiro atoms. The first-order chi connectivity index (χ1) is 10.8. The van der Waals surface area contributed by atoms with Crippen molar-refractivity contribution in [2.75, 3.05) is 7.11 Å². The summed E-state index contributed by atoms with van der Waals surface area (Å²) in [5.74, 6) is -0.330. The van der Waals surface area contributed by atoms with Crippen LogP contribution < -0.4 is 5.32 Å². The first-order valence-corrected chi connectivity index (χ1v) is 7.38. The molecule has 0 aromatic heterocycles. The molecule has 2 rings (SSSR count). The van der Waals surface area contributed by atoms with Gasteiger partial charge in [0, 0.05) is 18.3 Å². The third-order valence-corrected chi connectivity index (χ3v) is 3.38. The van der Waals surface area contributed by atoms with Crippen molar-refractivity contribution in [3.63, 3.8) is 0 Å². The molecule has 2 aromatic rings. The number of benzene rings is 2. The zero-order valence-corrected chi connectivity index (χ0v) is 12.8. The Morgan fingerprint density at radius 2 is 1.59 bits per heavy atom. The van der Waals surface area contributed by atoms with Crippen LogP contribution in [0.5, 0.6) is 0 Å². The average molecular weight is 295 g/mol. The predicted molar refractivity (Wildman–Crippen MR) is 88.1 cm³/mol. The Labute approximate surface area is 131 Å². The summed E-state index contributed by atoms with van der Waals surface area (Å²) in [5.41, 5.74) is 3.32. The molecule has 0 aliphatic heterocycles. The lowest BCUT2D eigenvalue weighted by atomic mass is 10.1. The molecule has 0 heterocycles. The molecule has 0 saturated heterocycles. The molecule has 2 aromatic carbocycles. The quantitative estimate of drug-likeness (QED) is 0.628. The van der Waals surface area contributed by atoms with Crippen LogP contribution >= 0.6 is 0 Å². The molecule has 0 atom stereocenters. The van der Waals surface area contributed by atoms with Crippen LogP contribution in [0.15, 0.2) is 72.4 Å². The summed E-state index contributed by atoms with van der Waals surface area (Å²) in [6.45, 7) is 0.693. The van der Waals surface area contributed by atoms with Crippen LogP contribution in [-0.4, -0.2) is 13.1 Å². The maximum atomic E-state index is 11.5. The van der Waals surface area contributed by atoms with Gasteiger partial charge in [0.05, 0.1) is 7.11 Å². The smallest absolute Gasteiger partial charge is 0.332 e. The standard InChI is InChI=1S/C19H21NO2/c1-22-19(21)14-18(13-12-16-8-4-2-5-9-16)20-15-17-10-6-3-7-11-17/h2-11,14,20H,12-13,15H2,1H3/b18-14-. The number of nitrogens with one attached hydrogen (secondary N) is 1. The number of hydrogen-bond donors (Lipinski definition) is 1. The third kappa shape index (κ3) is 5.44. The Kier molecular flexibility index (Phi) is 6.24. The van der Waals surface area contributed by atoms with Gasteiger partial charge in [0.1, 0.15) is 0 Å². The molecule has 0 aliphatic rings. The van der Waals surface area contributed by atoms with E-state index in [1.165, 1.54) is 24.3 Å². The van der Waals surface area contributed by atoms with Gasteiger partial charge in [0.25, 0.3) is 0 Å². The molecule has 114 valence electrons. The minimum Gasteiger partial charge on any atom is -0.466 e. The number of hydrogen-bond acceptors (Lipinski definition) is 3. The second-order valence-corrected chi connectivity index (χ2v) is 5.02. The van der Waals surface area contributed by atoms with Crippen molar-refractivity contribution in [3.05, 3.63) is 83.6 Å². The van der Waals surface area contributed by atoms with Crippen LogP contribution in [0.4, 0.5) is 0 Å². The molecule has 0 radical (unpaired) electrons. The van der Waals surface area contributed by atoms with Crippen molar-refractivity contribution in [2.45, 2.75) is 19.4 Å². The van der Waals surface area contributed by atoms with Crippen molar-refractivity contribution in [1.82, 2.24) is 5.32 Å². The van der Waals surface area contributed by atoms with Gasteiger partial charge in [-0.3, -0.25) is 0 Å². The van der Waals surface area contributed by atoms with Crippen LogP contribution in [0.2, 0.25) is 0 Å². The van der Waals surface area contributed by atoms with Crippen molar-refractivity contribution in [1.29, 1.82) is 0 Å². The second-order valence-electron chi connectivity index (χ2n) is 5.02. The van der Waals surface area contributed by atoms with Gasteiger partial charge in [-0.05, 0) is 24.0 Å². The zero-order valence-electron chi connectivity index (χ0n) is 12.8. The summed E-state index contributed by atoms with van der Waals surface area (Å²) in [4.78, 5) is 11.5. The number of ether oxygens (including phenoxy) is 1. The summed E-state index contributed by atoms with van der Waals surface area (Å²) in [7, 11) is 1.39. The van der Waals surface area contributed by atoms with Crippen molar-refractivity contribution < 1.29 is 9.53 Å². The molecule has 0 aliphatic carbocycles. The van der Waals surface area contributed by atoms with Gasteiger partial charge >= 0.3 is 5.97 Å². The van der Waals surface area contributed by atoms with Crippen LogP contribution in [0, 0.1) is 0 Å². The van der Waals surface area contributed by atoms with E-state index in [0.29, 0.717) is 6.54 Å². The fourth-order valence-corrected chi connectivity index (χ4v) is 2.15. The van der Waals surface area contributed by atoms with Gasteiger partial charge in [0.15, 0.2) is 0 Å². The Balaban J connectivity index is 1.97. The average Bonchev–Trinajstić information content (AvgIpc) is 2.59. The Hall–Kier alpha value is -2.55. The Morgan fingerprint density at radius 3 is 2.18 bits per heavy atom. The molecule has 0 amide bonds. The van der Waals surface area contributed by atoms with Crippen molar-refractivity contribution >= 4 is 5.97 Å². The van der Waals surface area contributed by atoms with E-state index < -0.39 is 0 Å². The SMILES string of the molecule is COC(=O)/C=C(/CCc1ccccc1)NCc1ccccc1. The lowest BCUT2D eigenvalue weighted by molar-refractivity contribution is -0.134. The normalized spacial score (nSPS) is 11.0. The predicted octanol–water partition coefficient (Wildman–Crippen LogP) is 3.47. The molecule has 3 nitrogen and oxygen atoms in total. The van der Waals surface area contributed by atoms with Crippen LogP contribution in [0.25, 0.3) is 0 Å². The van der Waals surface area contributed by atoms with E-state index in [2.05, 4.69) is 29.6 Å². The number of rotatable bonds is 7. The lowest BCUT2D eigenvalue weighted by Crippen LogP contribution is -2.15. The number of carbonyl (C=O) groups is 1. The van der Waals surface area contributed by atoms with E-state index in [4.69, 9.17) is 4.74 Å². The highest BCUT2D eigenvalue weighted by atomic mass is 16.5. The van der Waals surface area contributed by atoms with Gasteiger partial charge in [-0.2, -0.15) is 0 Å². The fraction of sp³-hybridized carbons (Fsp3) is 0.211. The topological polar surface area (TPSA) is 38.3 Å². The third-order valence-electron chi connectivity index (χ3n) is 3.38. The van der Waals surface area contributed by atoms with Gasteiger partial charge in [-0.1, -0.05) is 60.7 Å². The van der Waals surface area contributed by atoms with E-state index >= 15 is 0 Å². The maximum Gasteiger partial charge on any atom is 0.332 e. The lowest BCUT2D eigenvalue weighted by Gasteiger charge is -2.11. The molecule has 0 bridgehead atoms. The molecule has 0 saturated carbocycles. The minimum absolute atomic E-state index is 0.330. The summed E-state index contributed by atoms with van der Waals surface area (Å²) in [6, 6.07) is 20.3. The summed E-state index contributed by atoms with van der Waals surface area (Å²) >= 11 is 0. The van der Waals surface area contributed by atoms with Crippen LogP contribution in [-0.2, 0) is 22.5 Å². The zero-order chi connectivity index (χ0) is 15.6. The number of aryl methyl sites for hydroxylation is 1. The van der Waals surface area contributed by atoms with E-state index in [9.17, 15) is 4.79 Å². The van der Waals surface area contributed by atoms with E-state index in [1.54, 1.807) is 0 Å². The van der Waals surface area contributed by atoms with E-state index in [1.807, 2.05) is 36.4 Å². The first-order valence-electron chi connectivity index (χ1n) is 7.38. The maximum absolute atomic E-state index is 11.5. The second kappa shape index (κ2) is 8.67. The number of carbonyl (C=O) groups excluding carboxylic acids is 1. The van der Waals surface area contributed by atoms with Crippen molar-refractivity contribution in [2.24, 2.45) is 0 Å². The molecule has 0 fully saturated rings. The van der Waals surface area contributed by atoms with Gasteiger partial charge < -0.3 is 10.1 Å². The van der Waals surface area contributed by atoms with Gasteiger partial charge in [-0.25, -0.2) is 4.79 Å². The molecular formula is C19H21NO2. The van der Waals surface area contributed by atoms with E-state index in [-0.39, 0.29) is 5.97 Å². The highest BCUT2D eigenvalue weighted by molar-refractivity contribution is 5.82. The molecular weight excluding hydrogens is 274 g/mol. The molecule has 22 heavy (non-hydrogen) atoms. The number of methoxy groups -OCH3 is 1. The monoisotopic (exact) mass is 295 g/mol. The van der Waals surface area contributed by atoms with Crippen LogP contribution in [0.1, 0.15) is 17.5 Å². The first kappa shape index (κ1) is 15.8. The summed E-state index contributed by atoms with van der Waals surface area (Å²) in [5, 5.41) is 3.33. The van der Waals surface area contributed by atoms with Gasteiger partial charge in [0.2, 0.25) is 0 Å². The fourth-order valence-electron chi connectivity index (χ4n) is 2.15. The summed E-state index contributed by atoms with van der Waals surface area (Å²) in [6.07, 6.45) is 3.18. The minimum atomic E-state index is -0.330. The largest absolute Gasteiger partial charge is 0.466 e. The summed E-state index contributed by atoms with van der Waals surface area (Å²) < 4.78 is 4.73. The molecule has 0 unspecified atom stereocenters. The highest BCUT2D eigenvalue weighted by Crippen LogP contribution is 2.09.